The predicted molar refractivity (Wildman–Crippen MR) is 454 cm³/mol. The van der Waals surface area contributed by atoms with Crippen LogP contribution in [0, 0.1) is 23.0 Å². The average molecular weight is 1810 g/mol. The Kier molecular flexibility index (Phi) is 28.6. The number of halogens is 4. The molecule has 0 spiro atoms. The van der Waals surface area contributed by atoms with Crippen molar-refractivity contribution in [3.8, 4) is 0 Å². The second-order valence-electron chi connectivity index (χ2n) is 29.3. The first-order valence-electron chi connectivity index (χ1n) is 38.6. The molecule has 2 saturated heterocycles. The third-order valence-corrected chi connectivity index (χ3v) is 23.3. The second kappa shape index (κ2) is 39.4. The quantitative estimate of drug-likeness (QED) is 0.0136. The van der Waals surface area contributed by atoms with Crippen LogP contribution in [0.4, 0.5) is 52.5 Å². The van der Waals surface area contributed by atoms with E-state index in [1.807, 2.05) is 52.8 Å². The Bertz CT molecular complexity index is 5080. The fourth-order valence-corrected chi connectivity index (χ4v) is 16.4. The van der Waals surface area contributed by atoms with Gasteiger partial charge in [-0.3, -0.25) is 0 Å². The molecule has 12 aromatic rings. The lowest BCUT2D eigenvalue weighted by molar-refractivity contribution is -0.605. The molecule has 602 valence electrons. The van der Waals surface area contributed by atoms with E-state index in [2.05, 4.69) is 189 Å². The van der Waals surface area contributed by atoms with Gasteiger partial charge in [-0.2, -0.15) is 43.2 Å². The van der Waals surface area contributed by atoms with Gasteiger partial charge < -0.3 is 88.3 Å². The van der Waals surface area contributed by atoms with E-state index in [0.717, 1.165) is 199 Å². The summed E-state index contributed by atoms with van der Waals surface area (Å²) in [6.07, 6.45) is 30.3. The van der Waals surface area contributed by atoms with Crippen LogP contribution in [0.2, 0.25) is 0 Å². The number of aryl methyl sites for hydroxylation is 1. The van der Waals surface area contributed by atoms with Crippen LogP contribution in [0.15, 0.2) is 128 Å². The first-order valence-corrected chi connectivity index (χ1v) is 41.8. The maximum absolute atomic E-state index is 11.5. The lowest BCUT2D eigenvalue weighted by Crippen LogP contribution is -2.45. The van der Waals surface area contributed by atoms with Crippen molar-refractivity contribution in [3.05, 3.63) is 150 Å². The Hall–Kier alpha value is -8.92. The summed E-state index contributed by atoms with van der Waals surface area (Å²) >= 11 is 14.1. The van der Waals surface area contributed by atoms with E-state index < -0.39 is 0 Å². The molecule has 33 nitrogen and oxygen atoms in total. The number of imidazole rings is 1. The fourth-order valence-electron chi connectivity index (χ4n) is 15.0. The van der Waals surface area contributed by atoms with Gasteiger partial charge in [-0.15, -0.1) is 0 Å². The molecule has 7 atom stereocenters. The molecule has 11 aromatic heterocycles. The highest BCUT2D eigenvalue weighted by Crippen LogP contribution is 2.34. The number of hydrogen-bond acceptors (Lipinski definition) is 27. The van der Waals surface area contributed by atoms with Crippen LogP contribution < -0.4 is 57.9 Å². The molecule has 2 aliphatic heterocycles. The number of fused-ring (bicyclic) bond motifs is 5. The SMILES string of the molecule is CN(C)CCCNc1cc(N[C@H]2CCCC[C@H]2CO)nc2c(Br)cnn12.Cn1cnc2cc(CNc3cc(N[C@H]4CCCC[C@H]4CO)nc4c(Br)cnn34)ccc21.Nc1ncc(CNc2cc(N3CCCC[C@H]3CCO)nc3c(Br)cnn23)cn1.[O-][n+]1cccc(CNc2cc(N[C@@H]3CCNC[C@@H]3CO)nc3c(Br)cnn23)c1. The van der Waals surface area contributed by atoms with Gasteiger partial charge >= 0.3 is 0 Å². The van der Waals surface area contributed by atoms with E-state index in [9.17, 15) is 25.6 Å². The zero-order valence-corrected chi connectivity index (χ0v) is 69.9. The van der Waals surface area contributed by atoms with Gasteiger partial charge in [0.25, 0.3) is 0 Å². The average Bonchev–Trinajstić information content (AvgIpc) is 1.68. The third-order valence-electron chi connectivity index (χ3n) is 21.1. The summed E-state index contributed by atoms with van der Waals surface area (Å²) < 4.78 is 13.3. The molecule has 4 fully saturated rings. The summed E-state index contributed by atoms with van der Waals surface area (Å²) in [6.45, 7) is 6.93. The number of anilines is 9. The van der Waals surface area contributed by atoms with E-state index in [0.29, 0.717) is 43.1 Å². The first-order chi connectivity index (χ1) is 55.0. The van der Waals surface area contributed by atoms with Crippen LogP contribution in [0.3, 0.4) is 0 Å². The van der Waals surface area contributed by atoms with Crippen LogP contribution in [0.25, 0.3) is 33.6 Å². The summed E-state index contributed by atoms with van der Waals surface area (Å²) in [5.41, 5.74) is 13.6. The van der Waals surface area contributed by atoms with Gasteiger partial charge in [0, 0.05) is 169 Å². The van der Waals surface area contributed by atoms with Crippen LogP contribution in [-0.4, -0.2) is 201 Å². The van der Waals surface area contributed by atoms with Crippen LogP contribution in [-0.2, 0) is 26.7 Å². The van der Waals surface area contributed by atoms with Crippen molar-refractivity contribution in [1.82, 2.24) is 88.1 Å². The molecule has 14 N–H and O–H groups in total. The zero-order valence-electron chi connectivity index (χ0n) is 63.6. The van der Waals surface area contributed by atoms with Gasteiger partial charge in [0.1, 0.15) is 46.5 Å². The molecular weight excluding hydrogens is 1700 g/mol. The van der Waals surface area contributed by atoms with Crippen molar-refractivity contribution in [2.24, 2.45) is 24.8 Å². The van der Waals surface area contributed by atoms with Crippen molar-refractivity contribution in [3.63, 3.8) is 0 Å². The van der Waals surface area contributed by atoms with Gasteiger partial charge in [0.15, 0.2) is 35.0 Å². The van der Waals surface area contributed by atoms with Crippen molar-refractivity contribution < 1.29 is 25.2 Å². The van der Waals surface area contributed by atoms with Crippen LogP contribution in [0.5, 0.6) is 0 Å². The van der Waals surface area contributed by atoms with Crippen LogP contribution in [0.1, 0.15) is 107 Å². The Morgan fingerprint density at radius 2 is 1.07 bits per heavy atom. The number of aliphatic hydroxyl groups is 4. The number of rotatable bonds is 26. The fraction of sp³-hybridized carbons (Fsp3) is 0.474. The zero-order chi connectivity index (χ0) is 78.9. The maximum Gasteiger partial charge on any atom is 0.219 e. The number of nitrogens with one attached hydrogen (secondary N) is 8. The molecule has 1 aromatic carbocycles. The number of pyridine rings is 1. The molecule has 16 rings (SSSR count). The smallest absolute Gasteiger partial charge is 0.219 e. The number of nitrogens with two attached hydrogens (primary N) is 1. The summed E-state index contributed by atoms with van der Waals surface area (Å²) in [5.74, 6) is 7.56. The first kappa shape index (κ1) is 82.1. The molecular formula is C76H100Br4N28O5. The van der Waals surface area contributed by atoms with Crippen molar-refractivity contribution >= 4 is 150 Å². The van der Waals surface area contributed by atoms with Crippen molar-refractivity contribution in [2.45, 2.75) is 134 Å². The standard InChI is InChI=1S/C22H26BrN7O.C18H23BrN8O.C18H22BrN7O2.C18H29BrN6O/c1-29-13-25-18-8-14(6-7-19(18)29)10-24-21-9-20(28-22-16(23)11-26-30(21)22)27-17-5-3-2-4-15(17)12-31;19-14-11-24-27-15(21-8-12-9-22-18(20)23-10-12)7-16(25-17(14)27)26-5-2-1-3-13(26)4-6-28;19-14-9-22-26-17(21-7-12-2-1-5-25(28)10-12)6-16(24-18(14)26)23-15-3-4-20-8-13(15)11-27;1-24(2)9-5-8-20-17-10-16(23-18-14(19)11-21-25(17)18)22-15-7-4-3-6-13(15)12-26/h6-9,11,13,15,17,24,31H,2-5,10,12H2,1H3,(H,27,28);7,9-11,13,21,28H,1-6,8H2,(H2,20,22,23);1-2,5-6,9-10,13,15,20-21,27H,3-4,7-8,11H2,(H,23,24);10-11,13,15,20,26H,3-9,12H2,1-2H3,(H,22,23)/t15-,17-;13-;2*13-,15-/m0010/s1. The molecule has 0 radical (unpaired) electrons. The molecule has 2 saturated carbocycles. The Morgan fingerprint density at radius 3 is 1.61 bits per heavy atom. The number of aliphatic hydroxyl groups excluding tert-OH is 4. The minimum atomic E-state index is 0.123. The van der Waals surface area contributed by atoms with Gasteiger partial charge in [-0.05, 0) is 179 Å². The van der Waals surface area contributed by atoms with Crippen molar-refractivity contribution in [2.75, 3.05) is 121 Å². The van der Waals surface area contributed by atoms with E-state index in [1.165, 1.54) is 44.5 Å². The van der Waals surface area contributed by atoms with E-state index >= 15 is 0 Å². The summed E-state index contributed by atoms with van der Waals surface area (Å²) in [7, 11) is 6.16. The highest BCUT2D eigenvalue weighted by atomic mass is 79.9. The van der Waals surface area contributed by atoms with E-state index in [1.54, 1.807) is 56.8 Å². The van der Waals surface area contributed by atoms with E-state index in [4.69, 9.17) is 20.7 Å². The molecule has 37 heteroatoms. The number of piperidine rings is 2. The number of nitrogens with zero attached hydrogens (tertiary/aromatic N) is 19. The lowest BCUT2D eigenvalue weighted by Gasteiger charge is -2.36. The van der Waals surface area contributed by atoms with Gasteiger partial charge in [0.2, 0.25) is 5.95 Å². The summed E-state index contributed by atoms with van der Waals surface area (Å²) in [5, 5.41) is 95.3. The normalized spacial score (nSPS) is 19.2. The maximum atomic E-state index is 11.5. The minimum Gasteiger partial charge on any atom is -0.619 e. The van der Waals surface area contributed by atoms with E-state index in [-0.39, 0.29) is 62.3 Å². The second-order valence-corrected chi connectivity index (χ2v) is 32.8. The highest BCUT2D eigenvalue weighted by Gasteiger charge is 2.30. The molecule has 13 heterocycles. The minimum absolute atomic E-state index is 0.123. The molecule has 113 heavy (non-hydrogen) atoms. The summed E-state index contributed by atoms with van der Waals surface area (Å²) in [6, 6.07) is 18.8. The Labute approximate surface area is 688 Å². The topological polar surface area (TPSA) is 401 Å². The largest absolute Gasteiger partial charge is 0.619 e. The predicted octanol–water partition coefficient (Wildman–Crippen LogP) is 10.1. The number of aromatic nitrogens is 17. The molecule has 0 amide bonds. The molecule has 4 aliphatic rings. The van der Waals surface area contributed by atoms with Crippen molar-refractivity contribution in [1.29, 1.82) is 0 Å². The third kappa shape index (κ3) is 21.0. The number of benzene rings is 1. The highest BCUT2D eigenvalue weighted by molar-refractivity contribution is 9.11. The number of hydrogen-bond donors (Lipinski definition) is 13. The number of nitrogen functional groups attached to an aromatic ring is 1. The van der Waals surface area contributed by atoms with Gasteiger partial charge in [-0.1, -0.05) is 31.7 Å². The lowest BCUT2D eigenvalue weighted by atomic mass is 9.85. The Balaban J connectivity index is 0.000000132. The Morgan fingerprint density at radius 1 is 0.566 bits per heavy atom. The van der Waals surface area contributed by atoms with Gasteiger partial charge in [0.05, 0.1) is 60.0 Å². The molecule has 2 aliphatic carbocycles. The molecule has 0 unspecified atom stereocenters. The van der Waals surface area contributed by atoms with Gasteiger partial charge in [-0.25, -0.2) is 34.9 Å². The molecule has 0 bridgehead atoms. The monoisotopic (exact) mass is 1800 g/mol. The van der Waals surface area contributed by atoms with Crippen LogP contribution >= 0.6 is 63.7 Å². The summed E-state index contributed by atoms with van der Waals surface area (Å²) in [4.78, 5) is 36.0.